The molecule has 0 amide bonds. The summed E-state index contributed by atoms with van der Waals surface area (Å²) >= 11 is 0. The van der Waals surface area contributed by atoms with Crippen molar-refractivity contribution in [2.45, 2.75) is 13.0 Å². The molecule has 1 aromatic rings. The predicted octanol–water partition coefficient (Wildman–Crippen LogP) is 0.754. The molecule has 0 spiro atoms. The molecule has 12 heavy (non-hydrogen) atoms. The van der Waals surface area contributed by atoms with E-state index in [0.29, 0.717) is 12.9 Å². The molecule has 0 fully saturated rings. The molecule has 0 aromatic carbocycles. The lowest BCUT2D eigenvalue weighted by molar-refractivity contribution is -0.129. The van der Waals surface area contributed by atoms with Gasteiger partial charge in [0.1, 0.15) is 6.61 Å². The number of ether oxygens (including phenoxy) is 1. The van der Waals surface area contributed by atoms with Gasteiger partial charge in [0.2, 0.25) is 0 Å². The van der Waals surface area contributed by atoms with Crippen molar-refractivity contribution in [2.24, 2.45) is 0 Å². The minimum Gasteiger partial charge on any atom is -0.461 e. The molecule has 0 bridgehead atoms. The summed E-state index contributed by atoms with van der Waals surface area (Å²) < 4.78 is 4.52. The largest absolute Gasteiger partial charge is 0.461 e. The zero-order chi connectivity index (χ0) is 8.81. The minimum absolute atomic E-state index is 0.231. The minimum atomic E-state index is 0.231. The molecule has 4 nitrogen and oxygen atoms in total. The maximum absolute atomic E-state index is 9.82. The number of nitrogens with one attached hydrogen (secondary N) is 1. The molecule has 0 aliphatic rings. The van der Waals surface area contributed by atoms with Gasteiger partial charge in [-0.15, -0.1) is 0 Å². The summed E-state index contributed by atoms with van der Waals surface area (Å²) in [5.74, 6) is 0. The van der Waals surface area contributed by atoms with Crippen LogP contribution in [0.5, 0.6) is 0 Å². The summed E-state index contributed by atoms with van der Waals surface area (Å²) in [5, 5.41) is 8.35. The van der Waals surface area contributed by atoms with Gasteiger partial charge in [-0.2, -0.15) is 5.26 Å². The normalized spacial score (nSPS) is 8.92. The number of nitriles is 1. The van der Waals surface area contributed by atoms with Crippen molar-refractivity contribution >= 4 is 6.47 Å². The van der Waals surface area contributed by atoms with E-state index < -0.39 is 0 Å². The van der Waals surface area contributed by atoms with Crippen LogP contribution in [-0.2, 0) is 22.6 Å². The first-order valence-electron chi connectivity index (χ1n) is 3.45. The van der Waals surface area contributed by atoms with Crippen LogP contribution in [0.3, 0.4) is 0 Å². The average Bonchev–Trinajstić information content (AvgIpc) is 2.50. The molecule has 0 radical (unpaired) electrons. The Kier molecular flexibility index (Phi) is 2.91. The summed E-state index contributed by atoms with van der Waals surface area (Å²) in [6, 6.07) is 3.82. The van der Waals surface area contributed by atoms with Crippen LogP contribution in [0.15, 0.2) is 12.3 Å². The van der Waals surface area contributed by atoms with Gasteiger partial charge >= 0.3 is 0 Å². The number of carbonyl (C=O) groups is 1. The summed E-state index contributed by atoms with van der Waals surface area (Å²) in [6.45, 7) is 0.625. The van der Waals surface area contributed by atoms with Gasteiger partial charge < -0.3 is 9.72 Å². The van der Waals surface area contributed by atoms with E-state index >= 15 is 0 Å². The fourth-order valence-corrected chi connectivity index (χ4v) is 0.893. The highest BCUT2D eigenvalue weighted by Gasteiger charge is 1.97. The number of hydrogen-bond acceptors (Lipinski definition) is 3. The van der Waals surface area contributed by atoms with Gasteiger partial charge in [0, 0.05) is 6.20 Å². The van der Waals surface area contributed by atoms with Crippen molar-refractivity contribution in [3.8, 4) is 6.07 Å². The van der Waals surface area contributed by atoms with Gasteiger partial charge in [0.15, 0.2) is 0 Å². The topological polar surface area (TPSA) is 65.9 Å². The van der Waals surface area contributed by atoms with Crippen molar-refractivity contribution in [2.75, 3.05) is 0 Å². The van der Waals surface area contributed by atoms with E-state index in [1.807, 2.05) is 6.07 Å². The molecule has 0 atom stereocenters. The summed E-state index contributed by atoms with van der Waals surface area (Å²) in [5.41, 5.74) is 1.70. The number of rotatable bonds is 4. The van der Waals surface area contributed by atoms with Crippen LogP contribution in [-0.4, -0.2) is 11.5 Å². The van der Waals surface area contributed by atoms with Crippen LogP contribution in [0, 0.1) is 11.3 Å². The molecule has 4 heteroatoms. The molecule has 0 saturated carbocycles. The Hall–Kier alpha value is -1.76. The quantitative estimate of drug-likeness (QED) is 0.668. The molecule has 0 saturated heterocycles. The van der Waals surface area contributed by atoms with Gasteiger partial charge in [0.25, 0.3) is 6.47 Å². The van der Waals surface area contributed by atoms with E-state index in [1.54, 1.807) is 12.3 Å². The van der Waals surface area contributed by atoms with Crippen molar-refractivity contribution in [1.82, 2.24) is 4.98 Å². The third-order valence-electron chi connectivity index (χ3n) is 1.39. The zero-order valence-corrected chi connectivity index (χ0v) is 6.41. The highest BCUT2D eigenvalue weighted by molar-refractivity contribution is 5.37. The number of aromatic amines is 1. The maximum Gasteiger partial charge on any atom is 0.293 e. The molecule has 1 N–H and O–H groups in total. The van der Waals surface area contributed by atoms with Gasteiger partial charge in [-0.25, -0.2) is 0 Å². The third kappa shape index (κ3) is 2.13. The first-order chi connectivity index (χ1) is 5.86. The number of H-pyrrole nitrogens is 1. The average molecular weight is 164 g/mol. The zero-order valence-electron chi connectivity index (χ0n) is 6.41. The van der Waals surface area contributed by atoms with E-state index in [4.69, 9.17) is 5.26 Å². The summed E-state index contributed by atoms with van der Waals surface area (Å²) in [6.07, 6.45) is 2.10. The Morgan fingerprint density at radius 1 is 1.75 bits per heavy atom. The van der Waals surface area contributed by atoms with Crippen LogP contribution in [0.25, 0.3) is 0 Å². The van der Waals surface area contributed by atoms with E-state index in [2.05, 4.69) is 9.72 Å². The van der Waals surface area contributed by atoms with Crippen molar-refractivity contribution < 1.29 is 9.53 Å². The van der Waals surface area contributed by atoms with E-state index in [9.17, 15) is 4.79 Å². The fourth-order valence-electron chi connectivity index (χ4n) is 0.893. The SMILES string of the molecule is N#CCc1c[nH]c(COC=O)c1. The number of nitrogens with zero attached hydrogens (tertiary/aromatic N) is 1. The Labute approximate surface area is 69.8 Å². The second-order valence-corrected chi connectivity index (χ2v) is 2.28. The van der Waals surface area contributed by atoms with Crippen LogP contribution in [0.4, 0.5) is 0 Å². The first-order valence-corrected chi connectivity index (χ1v) is 3.45. The highest BCUT2D eigenvalue weighted by atomic mass is 16.5. The van der Waals surface area contributed by atoms with Gasteiger partial charge in [-0.3, -0.25) is 4.79 Å². The van der Waals surface area contributed by atoms with Crippen molar-refractivity contribution in [3.05, 3.63) is 23.5 Å². The molecule has 62 valence electrons. The van der Waals surface area contributed by atoms with E-state index in [0.717, 1.165) is 11.3 Å². The van der Waals surface area contributed by atoms with Crippen LogP contribution in [0.1, 0.15) is 11.3 Å². The maximum atomic E-state index is 9.82. The molecule has 1 rings (SSSR count). The molecular weight excluding hydrogens is 156 g/mol. The Balaban J connectivity index is 2.53. The van der Waals surface area contributed by atoms with Crippen molar-refractivity contribution in [3.63, 3.8) is 0 Å². The number of carbonyl (C=O) groups excluding carboxylic acids is 1. The number of aromatic nitrogens is 1. The second kappa shape index (κ2) is 4.19. The Morgan fingerprint density at radius 3 is 3.25 bits per heavy atom. The molecule has 0 aliphatic heterocycles. The summed E-state index contributed by atoms with van der Waals surface area (Å²) in [7, 11) is 0. The molecular formula is C8H8N2O2. The Bertz CT molecular complexity index is 298. The van der Waals surface area contributed by atoms with Crippen LogP contribution < -0.4 is 0 Å². The van der Waals surface area contributed by atoms with E-state index in [-0.39, 0.29) is 6.61 Å². The first kappa shape index (κ1) is 8.34. The molecule has 0 aliphatic carbocycles. The van der Waals surface area contributed by atoms with Gasteiger partial charge in [-0.05, 0) is 11.6 Å². The van der Waals surface area contributed by atoms with Gasteiger partial charge in [-0.1, -0.05) is 0 Å². The monoisotopic (exact) mass is 164 g/mol. The highest BCUT2D eigenvalue weighted by Crippen LogP contribution is 2.04. The number of hydrogen-bond donors (Lipinski definition) is 1. The van der Waals surface area contributed by atoms with Gasteiger partial charge in [0.05, 0.1) is 18.2 Å². The lowest BCUT2D eigenvalue weighted by atomic mass is 10.2. The standard InChI is InChI=1S/C8H8N2O2/c9-2-1-7-3-8(10-4-7)5-12-6-11/h3-4,6,10H,1,5H2. The molecule has 1 aromatic heterocycles. The molecule has 0 unspecified atom stereocenters. The van der Waals surface area contributed by atoms with Crippen molar-refractivity contribution in [1.29, 1.82) is 5.26 Å². The smallest absolute Gasteiger partial charge is 0.293 e. The summed E-state index contributed by atoms with van der Waals surface area (Å²) in [4.78, 5) is 12.7. The van der Waals surface area contributed by atoms with Crippen LogP contribution >= 0.6 is 0 Å². The van der Waals surface area contributed by atoms with Crippen LogP contribution in [0.2, 0.25) is 0 Å². The lowest BCUT2D eigenvalue weighted by Gasteiger charge is -1.92. The predicted molar refractivity (Wildman–Crippen MR) is 41.0 cm³/mol. The lowest BCUT2D eigenvalue weighted by Crippen LogP contribution is -1.88. The Morgan fingerprint density at radius 2 is 2.58 bits per heavy atom. The fraction of sp³-hybridized carbons (Fsp3) is 0.250. The van der Waals surface area contributed by atoms with E-state index in [1.165, 1.54) is 0 Å². The third-order valence-corrected chi connectivity index (χ3v) is 1.39. The second-order valence-electron chi connectivity index (χ2n) is 2.28. The molecule has 1 heterocycles.